The summed E-state index contributed by atoms with van der Waals surface area (Å²) in [7, 11) is 0. The molecule has 1 amide bonds. The van der Waals surface area contributed by atoms with Crippen LogP contribution in [0.1, 0.15) is 20.7 Å². The van der Waals surface area contributed by atoms with Gasteiger partial charge in [-0.05, 0) is 18.2 Å². The zero-order valence-electron chi connectivity index (χ0n) is 10.5. The summed E-state index contributed by atoms with van der Waals surface area (Å²) in [5.41, 5.74) is 8.32. The number of H-pyrrole nitrogens is 1. The van der Waals surface area contributed by atoms with E-state index < -0.39 is 5.91 Å². The van der Waals surface area contributed by atoms with Crippen LogP contribution in [0.4, 0.5) is 0 Å². The van der Waals surface area contributed by atoms with Crippen LogP contribution in [0.25, 0.3) is 22.4 Å². The largest absolute Gasteiger partial charge is 0.366 e. The van der Waals surface area contributed by atoms with Crippen LogP contribution in [0.3, 0.4) is 0 Å². The molecule has 5 nitrogen and oxygen atoms in total. The second kappa shape index (κ2) is 4.62. The van der Waals surface area contributed by atoms with Crippen LogP contribution in [0, 0.1) is 0 Å². The zero-order valence-corrected chi connectivity index (χ0v) is 10.5. The van der Waals surface area contributed by atoms with Crippen molar-refractivity contribution in [2.45, 2.75) is 0 Å². The lowest BCUT2D eigenvalue weighted by Crippen LogP contribution is -2.11. The van der Waals surface area contributed by atoms with Gasteiger partial charge >= 0.3 is 0 Å². The minimum absolute atomic E-state index is 0.372. The minimum atomic E-state index is -0.518. The number of imidazole rings is 1. The Morgan fingerprint density at radius 1 is 1.20 bits per heavy atom. The maximum Gasteiger partial charge on any atom is 0.250 e. The first-order valence-electron chi connectivity index (χ1n) is 6.03. The number of carbonyl (C=O) groups is 2. The number of nitrogens with zero attached hydrogens (tertiary/aromatic N) is 1. The first-order chi connectivity index (χ1) is 9.69. The fourth-order valence-corrected chi connectivity index (χ4v) is 2.13. The van der Waals surface area contributed by atoms with Crippen LogP contribution in [-0.4, -0.2) is 22.2 Å². The van der Waals surface area contributed by atoms with Gasteiger partial charge in [-0.25, -0.2) is 4.98 Å². The number of nitrogens with two attached hydrogens (primary N) is 1. The lowest BCUT2D eigenvalue weighted by Gasteiger charge is -1.96. The number of aromatic amines is 1. The van der Waals surface area contributed by atoms with E-state index in [1.165, 1.54) is 0 Å². The third kappa shape index (κ3) is 1.95. The van der Waals surface area contributed by atoms with E-state index in [1.54, 1.807) is 30.3 Å². The van der Waals surface area contributed by atoms with Gasteiger partial charge in [0.15, 0.2) is 0 Å². The monoisotopic (exact) mass is 265 g/mol. The van der Waals surface area contributed by atoms with Crippen molar-refractivity contribution >= 4 is 23.2 Å². The van der Waals surface area contributed by atoms with E-state index in [2.05, 4.69) is 9.97 Å². The van der Waals surface area contributed by atoms with Gasteiger partial charge in [0.05, 0.1) is 11.1 Å². The third-order valence-corrected chi connectivity index (χ3v) is 3.07. The van der Waals surface area contributed by atoms with Crippen LogP contribution in [0.5, 0.6) is 0 Å². The van der Waals surface area contributed by atoms with Gasteiger partial charge in [-0.1, -0.05) is 24.3 Å². The SMILES string of the molecule is NC(=O)c1cccc2[nH]c(-c3cccc(C=O)c3)nc12. The molecule has 0 aliphatic heterocycles. The minimum Gasteiger partial charge on any atom is -0.366 e. The number of aromatic nitrogens is 2. The smallest absolute Gasteiger partial charge is 0.250 e. The Balaban J connectivity index is 2.20. The quantitative estimate of drug-likeness (QED) is 0.711. The maximum absolute atomic E-state index is 11.4. The van der Waals surface area contributed by atoms with Crippen molar-refractivity contribution in [2.24, 2.45) is 5.73 Å². The molecule has 0 saturated carbocycles. The van der Waals surface area contributed by atoms with E-state index in [0.717, 1.165) is 17.4 Å². The number of hydrogen-bond donors (Lipinski definition) is 2. The number of fused-ring (bicyclic) bond motifs is 1. The first-order valence-corrected chi connectivity index (χ1v) is 6.03. The van der Waals surface area contributed by atoms with Crippen molar-refractivity contribution in [2.75, 3.05) is 0 Å². The van der Waals surface area contributed by atoms with E-state index in [1.807, 2.05) is 12.1 Å². The molecule has 2 aromatic carbocycles. The second-order valence-corrected chi connectivity index (χ2v) is 4.39. The number of amides is 1. The Morgan fingerprint density at radius 2 is 2.00 bits per heavy atom. The van der Waals surface area contributed by atoms with Crippen LogP contribution in [0.2, 0.25) is 0 Å². The molecule has 0 fully saturated rings. The first kappa shape index (κ1) is 12.1. The average Bonchev–Trinajstić information content (AvgIpc) is 2.91. The number of hydrogen-bond acceptors (Lipinski definition) is 3. The topological polar surface area (TPSA) is 88.8 Å². The number of nitrogens with one attached hydrogen (secondary N) is 1. The fraction of sp³-hybridized carbons (Fsp3) is 0. The Labute approximate surface area is 114 Å². The summed E-state index contributed by atoms with van der Waals surface area (Å²) in [5, 5.41) is 0. The molecule has 20 heavy (non-hydrogen) atoms. The van der Waals surface area contributed by atoms with Crippen molar-refractivity contribution in [3.8, 4) is 11.4 Å². The van der Waals surface area contributed by atoms with Crippen LogP contribution >= 0.6 is 0 Å². The molecule has 3 N–H and O–H groups in total. The second-order valence-electron chi connectivity index (χ2n) is 4.39. The van der Waals surface area contributed by atoms with Gasteiger partial charge in [-0.15, -0.1) is 0 Å². The molecule has 0 unspecified atom stereocenters. The molecule has 1 aromatic heterocycles. The molecule has 0 saturated heterocycles. The number of carbonyl (C=O) groups excluding carboxylic acids is 2. The molecule has 0 spiro atoms. The Hall–Kier alpha value is -2.95. The van der Waals surface area contributed by atoms with Gasteiger partial charge in [0.1, 0.15) is 17.6 Å². The molecule has 5 heteroatoms. The molecule has 0 aliphatic rings. The summed E-state index contributed by atoms with van der Waals surface area (Å²) in [5.74, 6) is 0.0766. The predicted molar refractivity (Wildman–Crippen MR) is 75.4 cm³/mol. The molecule has 0 bridgehead atoms. The van der Waals surface area contributed by atoms with Gasteiger partial charge in [-0.3, -0.25) is 9.59 Å². The number of para-hydroxylation sites is 1. The van der Waals surface area contributed by atoms with Gasteiger partial charge in [-0.2, -0.15) is 0 Å². The number of rotatable bonds is 3. The maximum atomic E-state index is 11.4. The molecule has 3 aromatic rings. The summed E-state index contributed by atoms with van der Waals surface area (Å²) in [6, 6.07) is 12.3. The molecule has 0 radical (unpaired) electrons. The van der Waals surface area contributed by atoms with E-state index in [4.69, 9.17) is 5.73 Å². The van der Waals surface area contributed by atoms with Gasteiger partial charge < -0.3 is 10.7 Å². The summed E-state index contributed by atoms with van der Waals surface area (Å²) >= 11 is 0. The van der Waals surface area contributed by atoms with Crippen molar-refractivity contribution in [1.29, 1.82) is 0 Å². The molecular weight excluding hydrogens is 254 g/mol. The summed E-state index contributed by atoms with van der Waals surface area (Å²) in [6.07, 6.45) is 0.779. The van der Waals surface area contributed by atoms with Crippen molar-refractivity contribution in [1.82, 2.24) is 9.97 Å². The van der Waals surface area contributed by atoms with E-state index in [9.17, 15) is 9.59 Å². The summed E-state index contributed by atoms with van der Waals surface area (Å²) in [4.78, 5) is 29.7. The number of benzene rings is 2. The van der Waals surface area contributed by atoms with Crippen LogP contribution in [-0.2, 0) is 0 Å². The fourth-order valence-electron chi connectivity index (χ4n) is 2.13. The Morgan fingerprint density at radius 3 is 2.75 bits per heavy atom. The highest BCUT2D eigenvalue weighted by atomic mass is 16.1. The van der Waals surface area contributed by atoms with Crippen molar-refractivity contribution in [3.63, 3.8) is 0 Å². The highest BCUT2D eigenvalue weighted by Crippen LogP contribution is 2.23. The average molecular weight is 265 g/mol. The van der Waals surface area contributed by atoms with Gasteiger partial charge in [0, 0.05) is 11.1 Å². The zero-order chi connectivity index (χ0) is 14.1. The Bertz CT molecular complexity index is 821. The highest BCUT2D eigenvalue weighted by molar-refractivity contribution is 6.04. The Kier molecular flexibility index (Phi) is 2.80. The summed E-state index contributed by atoms with van der Waals surface area (Å²) in [6.45, 7) is 0. The van der Waals surface area contributed by atoms with Crippen molar-refractivity contribution in [3.05, 3.63) is 53.6 Å². The molecule has 0 aliphatic carbocycles. The lowest BCUT2D eigenvalue weighted by atomic mass is 10.1. The summed E-state index contributed by atoms with van der Waals surface area (Å²) < 4.78 is 0. The van der Waals surface area contributed by atoms with Gasteiger partial charge in [0.2, 0.25) is 0 Å². The number of aldehydes is 1. The molecule has 3 rings (SSSR count). The lowest BCUT2D eigenvalue weighted by molar-refractivity contribution is 0.100. The highest BCUT2D eigenvalue weighted by Gasteiger charge is 2.12. The van der Waals surface area contributed by atoms with Crippen molar-refractivity contribution < 1.29 is 9.59 Å². The third-order valence-electron chi connectivity index (χ3n) is 3.07. The van der Waals surface area contributed by atoms with Gasteiger partial charge in [0.25, 0.3) is 5.91 Å². The van der Waals surface area contributed by atoms with E-state index in [0.29, 0.717) is 22.5 Å². The number of primary amides is 1. The molecule has 0 atom stereocenters. The van der Waals surface area contributed by atoms with Crippen LogP contribution < -0.4 is 5.73 Å². The van der Waals surface area contributed by atoms with E-state index >= 15 is 0 Å². The standard InChI is InChI=1S/C15H11N3O2/c16-14(20)11-5-2-6-12-13(11)18-15(17-12)10-4-1-3-9(7-10)8-19/h1-8H,(H2,16,20)(H,17,18). The molecule has 98 valence electrons. The predicted octanol–water partition coefficient (Wildman–Crippen LogP) is 2.14. The molecular formula is C15H11N3O2. The van der Waals surface area contributed by atoms with E-state index in [-0.39, 0.29) is 0 Å². The van der Waals surface area contributed by atoms with Crippen LogP contribution in [0.15, 0.2) is 42.5 Å². The normalized spacial score (nSPS) is 10.6. The molecule has 1 heterocycles.